The molecule has 0 spiro atoms. The average molecular weight is 804 g/mol. The second-order valence-electron chi connectivity index (χ2n) is 14.9. The van der Waals surface area contributed by atoms with Crippen molar-refractivity contribution in [1.82, 2.24) is 25.6 Å². The molecule has 5 rings (SSSR count). The van der Waals surface area contributed by atoms with Crippen molar-refractivity contribution in [2.24, 2.45) is 0 Å². The molecule has 306 valence electrons. The summed E-state index contributed by atoms with van der Waals surface area (Å²) in [4.78, 5) is 39.2. The Morgan fingerprint density at radius 3 is 2.00 bits per heavy atom. The second kappa shape index (κ2) is 20.6. The van der Waals surface area contributed by atoms with Crippen LogP contribution >= 0.6 is 11.8 Å². The van der Waals surface area contributed by atoms with Gasteiger partial charge in [-0.15, -0.1) is 16.9 Å². The topological polar surface area (TPSA) is 194 Å². The van der Waals surface area contributed by atoms with Gasteiger partial charge in [0.15, 0.2) is 6.29 Å². The van der Waals surface area contributed by atoms with Crippen molar-refractivity contribution in [3.05, 3.63) is 120 Å². The van der Waals surface area contributed by atoms with Crippen LogP contribution < -0.4 is 10.6 Å². The van der Waals surface area contributed by atoms with E-state index in [0.29, 0.717) is 38.0 Å². The number of unbranched alkanes of at least 4 members (excludes halogenated alkanes) is 2. The fourth-order valence-corrected chi connectivity index (χ4v) is 8.04. The summed E-state index contributed by atoms with van der Waals surface area (Å²) in [6.45, 7) is 5.91. The van der Waals surface area contributed by atoms with Crippen LogP contribution in [0.3, 0.4) is 0 Å². The number of nitrogens with zero attached hydrogens (tertiary/aromatic N) is 3. The van der Waals surface area contributed by atoms with Crippen molar-refractivity contribution >= 4 is 29.7 Å². The van der Waals surface area contributed by atoms with Gasteiger partial charge in [-0.25, -0.2) is 4.79 Å². The van der Waals surface area contributed by atoms with Gasteiger partial charge < -0.3 is 40.2 Å². The monoisotopic (exact) mass is 803 g/mol. The third kappa shape index (κ3) is 12.3. The maximum atomic E-state index is 13.8. The molecule has 2 amide bonds. The van der Waals surface area contributed by atoms with E-state index < -0.39 is 53.1 Å². The Balaban J connectivity index is 1.12. The normalized spacial score (nSPS) is 18.8. The van der Waals surface area contributed by atoms with Crippen LogP contribution in [0.25, 0.3) is 0 Å². The van der Waals surface area contributed by atoms with E-state index in [1.807, 2.05) is 54.6 Å². The highest BCUT2D eigenvalue weighted by molar-refractivity contribution is 8.00. The van der Waals surface area contributed by atoms with Gasteiger partial charge in [0, 0.05) is 25.3 Å². The number of hydrogen-bond acceptors (Lipinski definition) is 12. The number of aryl methyl sites for hydroxylation is 1. The van der Waals surface area contributed by atoms with Crippen LogP contribution in [0.2, 0.25) is 0 Å². The highest BCUT2D eigenvalue weighted by atomic mass is 32.2. The highest BCUT2D eigenvalue weighted by Gasteiger charge is 2.41. The molecular weight excluding hydrogens is 751 g/mol. The van der Waals surface area contributed by atoms with Crippen LogP contribution in [0.15, 0.2) is 97.2 Å². The molecule has 0 aliphatic carbocycles. The number of benzene rings is 3. The summed E-state index contributed by atoms with van der Waals surface area (Å²) in [6.07, 6.45) is -1.53. The Labute approximate surface area is 337 Å². The Hall–Kier alpha value is -4.80. The Morgan fingerprint density at radius 2 is 1.46 bits per heavy atom. The predicted octanol–water partition coefficient (Wildman–Crippen LogP) is 4.45. The van der Waals surface area contributed by atoms with E-state index in [1.165, 1.54) is 4.68 Å². The molecule has 2 heterocycles. The van der Waals surface area contributed by atoms with Crippen molar-refractivity contribution in [1.29, 1.82) is 0 Å². The van der Waals surface area contributed by atoms with Gasteiger partial charge in [0.05, 0.1) is 17.0 Å². The van der Waals surface area contributed by atoms with Crippen LogP contribution in [-0.2, 0) is 41.7 Å². The number of aromatic nitrogens is 3. The first-order valence-electron chi connectivity index (χ1n) is 19.2. The molecule has 0 saturated carbocycles. The number of carbonyl (C=O) groups is 3. The van der Waals surface area contributed by atoms with Crippen LogP contribution in [0.1, 0.15) is 75.3 Å². The molecule has 1 aliphatic heterocycles. The van der Waals surface area contributed by atoms with Crippen molar-refractivity contribution in [3.63, 3.8) is 0 Å². The minimum atomic E-state index is -1.43. The van der Waals surface area contributed by atoms with E-state index in [4.69, 9.17) is 14.2 Å². The van der Waals surface area contributed by atoms with Gasteiger partial charge in [0.2, 0.25) is 5.91 Å². The van der Waals surface area contributed by atoms with Crippen LogP contribution in [0, 0.1) is 0 Å². The van der Waals surface area contributed by atoms with Gasteiger partial charge in [0.1, 0.15) is 36.2 Å². The number of carbonyl (C=O) groups excluding carboxylic acids is 3. The number of rotatable bonds is 19. The van der Waals surface area contributed by atoms with Crippen LogP contribution in [0.4, 0.5) is 4.79 Å². The Kier molecular flexibility index (Phi) is 15.6. The number of esters is 1. The zero-order valence-corrected chi connectivity index (χ0v) is 33.3. The van der Waals surface area contributed by atoms with Gasteiger partial charge >= 0.3 is 12.1 Å². The molecule has 0 bridgehead atoms. The first kappa shape index (κ1) is 43.3. The first-order valence-corrected chi connectivity index (χ1v) is 20.2. The van der Waals surface area contributed by atoms with Gasteiger partial charge in [-0.3, -0.25) is 14.3 Å². The number of nitrogens with one attached hydrogen (secondary N) is 2. The third-order valence-electron chi connectivity index (χ3n) is 9.32. The number of thioether (sulfide) groups is 1. The summed E-state index contributed by atoms with van der Waals surface area (Å²) >= 11 is 1.56. The van der Waals surface area contributed by atoms with E-state index in [9.17, 15) is 29.7 Å². The number of amides is 2. The third-order valence-corrected chi connectivity index (χ3v) is 11.0. The zero-order chi connectivity index (χ0) is 40.8. The molecule has 3 aromatic carbocycles. The summed E-state index contributed by atoms with van der Waals surface area (Å²) < 4.78 is 16.9. The average Bonchev–Trinajstić information content (AvgIpc) is 3.76. The van der Waals surface area contributed by atoms with Gasteiger partial charge in [-0.2, -0.15) is 0 Å². The molecule has 1 fully saturated rings. The molecule has 1 saturated heterocycles. The Bertz CT molecular complexity index is 1760. The minimum Gasteiger partial charge on any atom is -0.459 e. The Morgan fingerprint density at radius 1 is 0.860 bits per heavy atom. The molecule has 5 atom stereocenters. The number of aliphatic hydroxyl groups is 3. The van der Waals surface area contributed by atoms with E-state index >= 15 is 0 Å². The highest BCUT2D eigenvalue weighted by Crippen LogP contribution is 2.48. The van der Waals surface area contributed by atoms with Crippen LogP contribution in [-0.4, -0.2) is 96.8 Å². The first-order chi connectivity index (χ1) is 27.4. The molecule has 1 aromatic heterocycles. The fourth-order valence-electron chi connectivity index (χ4n) is 6.48. The summed E-state index contributed by atoms with van der Waals surface area (Å²) in [6, 6.07) is 29.4. The lowest BCUT2D eigenvalue weighted by atomic mass is 9.84. The van der Waals surface area contributed by atoms with Crippen molar-refractivity contribution in [2.75, 3.05) is 12.3 Å². The number of aliphatic hydroxyl groups excluding tert-OH is 3. The lowest BCUT2D eigenvalue weighted by molar-refractivity contribution is -0.145. The summed E-state index contributed by atoms with van der Waals surface area (Å²) in [5.74, 6) is -0.502. The van der Waals surface area contributed by atoms with Gasteiger partial charge in [-0.1, -0.05) is 103 Å². The molecule has 14 nitrogen and oxygen atoms in total. The molecular formula is C42H53N5O9S. The van der Waals surface area contributed by atoms with Crippen molar-refractivity contribution < 1.29 is 43.9 Å². The number of ether oxygens (including phenoxy) is 3. The molecule has 0 unspecified atom stereocenters. The number of hydrogen-bond donors (Lipinski definition) is 5. The molecule has 0 radical (unpaired) electrons. The smallest absolute Gasteiger partial charge is 0.408 e. The standard InChI is InChI=1S/C42H53N5O9S/c1-41(2,3)56-40(53)44-33(28-57-42(29-16-8-4-9-17-29,30-18-10-5-11-19-30)31-20-12-6-13-21-31)38(51)43-24-15-7-14-22-35(48)54-27-32-26-47(46-45-32)25-23-34-36(49)37(50)39(52)55-34/h4-6,8-13,16-21,26,33-34,36-37,39,49-50,52H,7,14-15,22-25,27-28H2,1-3H3,(H,43,51)(H,44,53)/t33-,34+,36-,37+,39-/m0/s1. The van der Waals surface area contributed by atoms with Crippen LogP contribution in [0.5, 0.6) is 0 Å². The molecule has 1 aliphatic rings. The van der Waals surface area contributed by atoms with Crippen molar-refractivity contribution in [3.8, 4) is 0 Å². The van der Waals surface area contributed by atoms with E-state index in [-0.39, 0.29) is 31.1 Å². The number of alkyl carbamates (subject to hydrolysis) is 1. The van der Waals surface area contributed by atoms with E-state index in [0.717, 1.165) is 16.7 Å². The fraction of sp³-hybridized carbons (Fsp3) is 0.452. The maximum Gasteiger partial charge on any atom is 0.408 e. The zero-order valence-electron chi connectivity index (χ0n) is 32.5. The minimum absolute atomic E-state index is 0.0565. The predicted molar refractivity (Wildman–Crippen MR) is 214 cm³/mol. The quantitative estimate of drug-likeness (QED) is 0.0509. The lowest BCUT2D eigenvalue weighted by Crippen LogP contribution is -2.50. The lowest BCUT2D eigenvalue weighted by Gasteiger charge is -2.36. The molecule has 57 heavy (non-hydrogen) atoms. The van der Waals surface area contributed by atoms with E-state index in [2.05, 4.69) is 57.3 Å². The largest absolute Gasteiger partial charge is 0.459 e. The summed E-state index contributed by atoms with van der Waals surface area (Å²) in [5.41, 5.74) is 2.78. The van der Waals surface area contributed by atoms with Gasteiger partial charge in [-0.05, 0) is 56.7 Å². The molecule has 4 aromatic rings. The maximum absolute atomic E-state index is 13.8. The summed E-state index contributed by atoms with van der Waals surface area (Å²) in [7, 11) is 0. The second-order valence-corrected chi connectivity index (χ2v) is 16.1. The molecule has 15 heteroatoms. The SMILES string of the molecule is CC(C)(C)OC(=O)N[C@@H](CSC(c1ccccc1)(c1ccccc1)c1ccccc1)C(=O)NCCCCCC(=O)OCc1cn(CC[C@H]2O[C@H](O)[C@H](O)[C@H]2O)nn1. The van der Waals surface area contributed by atoms with Gasteiger partial charge in [0.25, 0.3) is 0 Å². The summed E-state index contributed by atoms with van der Waals surface area (Å²) in [5, 5.41) is 42.9. The molecule has 5 N–H and O–H groups in total. The van der Waals surface area contributed by atoms with E-state index in [1.54, 1.807) is 38.7 Å². The van der Waals surface area contributed by atoms with Crippen molar-refractivity contribution in [2.45, 2.75) is 107 Å².